The van der Waals surface area contributed by atoms with E-state index in [1.807, 2.05) is 12.1 Å². The third kappa shape index (κ3) is 3.85. The Bertz CT molecular complexity index is 681. The summed E-state index contributed by atoms with van der Waals surface area (Å²) >= 11 is 6.50. The van der Waals surface area contributed by atoms with E-state index in [1.54, 1.807) is 0 Å². The van der Waals surface area contributed by atoms with Crippen LogP contribution in [-0.4, -0.2) is 26.3 Å². The van der Waals surface area contributed by atoms with E-state index in [0.29, 0.717) is 5.92 Å². The molecule has 3 rings (SSSR count). The van der Waals surface area contributed by atoms with Crippen LogP contribution in [0.5, 0.6) is 0 Å². The summed E-state index contributed by atoms with van der Waals surface area (Å²) in [7, 11) is 0. The molecule has 3 nitrogen and oxygen atoms in total. The molecule has 1 saturated heterocycles. The summed E-state index contributed by atoms with van der Waals surface area (Å²) in [4.78, 5) is 2.31. The largest absolute Gasteiger partial charge is 0.379 e. The van der Waals surface area contributed by atoms with Crippen LogP contribution in [0.3, 0.4) is 0 Å². The minimum atomic E-state index is 0.515. The van der Waals surface area contributed by atoms with Gasteiger partial charge in [-0.25, -0.2) is 0 Å². The monoisotopic (exact) mass is 344 g/mol. The van der Waals surface area contributed by atoms with Gasteiger partial charge in [-0.1, -0.05) is 55.8 Å². The van der Waals surface area contributed by atoms with Gasteiger partial charge in [0.05, 0.1) is 29.6 Å². The second kappa shape index (κ2) is 7.91. The molecule has 2 aromatic carbocycles. The van der Waals surface area contributed by atoms with Gasteiger partial charge >= 0.3 is 0 Å². The highest BCUT2D eigenvalue weighted by Crippen LogP contribution is 2.35. The third-order valence-corrected chi connectivity index (χ3v) is 4.77. The molecular formula is C20H25ClN2O. The first-order valence-electron chi connectivity index (χ1n) is 8.59. The highest BCUT2D eigenvalue weighted by molar-refractivity contribution is 6.34. The van der Waals surface area contributed by atoms with Crippen molar-refractivity contribution < 1.29 is 4.74 Å². The second-order valence-corrected chi connectivity index (χ2v) is 6.85. The molecule has 4 heteroatoms. The van der Waals surface area contributed by atoms with Crippen molar-refractivity contribution in [2.75, 3.05) is 36.5 Å². The molecule has 128 valence electrons. The lowest BCUT2D eigenvalue weighted by Crippen LogP contribution is -2.36. The summed E-state index contributed by atoms with van der Waals surface area (Å²) in [5.74, 6) is 0.515. The van der Waals surface area contributed by atoms with Gasteiger partial charge in [-0.3, -0.25) is 0 Å². The molecule has 1 aliphatic rings. The van der Waals surface area contributed by atoms with Crippen LogP contribution in [0.4, 0.5) is 11.4 Å². The molecule has 1 heterocycles. The van der Waals surface area contributed by atoms with Gasteiger partial charge in [0.1, 0.15) is 0 Å². The number of nitrogens with zero attached hydrogens (tertiary/aromatic N) is 1. The van der Waals surface area contributed by atoms with Crippen LogP contribution < -0.4 is 10.2 Å². The van der Waals surface area contributed by atoms with Crippen molar-refractivity contribution in [3.63, 3.8) is 0 Å². The maximum Gasteiger partial charge on any atom is 0.0792 e. The van der Waals surface area contributed by atoms with E-state index in [0.717, 1.165) is 49.2 Å². The molecule has 24 heavy (non-hydrogen) atoms. The van der Waals surface area contributed by atoms with E-state index in [4.69, 9.17) is 16.3 Å². The number of nitrogens with one attached hydrogen (secondary N) is 1. The molecule has 2 aromatic rings. The van der Waals surface area contributed by atoms with Gasteiger partial charge in [0, 0.05) is 19.6 Å². The Kier molecular flexibility index (Phi) is 5.64. The van der Waals surface area contributed by atoms with Crippen LogP contribution in [0, 0.1) is 0 Å². The van der Waals surface area contributed by atoms with Crippen molar-refractivity contribution in [1.82, 2.24) is 0 Å². The average molecular weight is 345 g/mol. The van der Waals surface area contributed by atoms with Crippen LogP contribution in [0.1, 0.15) is 30.9 Å². The van der Waals surface area contributed by atoms with Crippen LogP contribution in [0.15, 0.2) is 42.5 Å². The fourth-order valence-electron chi connectivity index (χ4n) is 3.22. The lowest BCUT2D eigenvalue weighted by molar-refractivity contribution is 0.123. The Hall–Kier alpha value is -1.71. The van der Waals surface area contributed by atoms with E-state index in [2.05, 4.69) is 54.4 Å². The summed E-state index contributed by atoms with van der Waals surface area (Å²) in [6.07, 6.45) is 0. The maximum atomic E-state index is 6.50. The standard InChI is InChI=1S/C20H25ClN2O/c1-15(2)17-7-4-3-6-16(17)14-22-19-9-5-8-18(21)20(19)23-10-12-24-13-11-23/h3-9,15,22H,10-14H2,1-2H3. The summed E-state index contributed by atoms with van der Waals surface area (Å²) < 4.78 is 5.47. The Morgan fingerprint density at radius 2 is 1.83 bits per heavy atom. The zero-order valence-corrected chi connectivity index (χ0v) is 15.1. The van der Waals surface area contributed by atoms with Crippen molar-refractivity contribution in [3.05, 3.63) is 58.6 Å². The number of halogens is 1. The molecule has 0 bridgehead atoms. The van der Waals surface area contributed by atoms with E-state index >= 15 is 0 Å². The maximum absolute atomic E-state index is 6.50. The number of hydrogen-bond donors (Lipinski definition) is 1. The van der Waals surface area contributed by atoms with Gasteiger partial charge in [-0.05, 0) is 29.2 Å². The number of ether oxygens (including phenoxy) is 1. The SMILES string of the molecule is CC(C)c1ccccc1CNc1cccc(Cl)c1N1CCOCC1. The predicted octanol–water partition coefficient (Wildman–Crippen LogP) is 4.91. The van der Waals surface area contributed by atoms with Crippen molar-refractivity contribution in [2.24, 2.45) is 0 Å². The molecule has 0 aromatic heterocycles. The topological polar surface area (TPSA) is 24.5 Å². The first-order chi connectivity index (χ1) is 11.7. The smallest absolute Gasteiger partial charge is 0.0792 e. The van der Waals surface area contributed by atoms with Gasteiger partial charge in [-0.2, -0.15) is 0 Å². The number of benzene rings is 2. The third-order valence-electron chi connectivity index (χ3n) is 4.46. The van der Waals surface area contributed by atoms with E-state index in [9.17, 15) is 0 Å². The minimum Gasteiger partial charge on any atom is -0.379 e. The van der Waals surface area contributed by atoms with E-state index < -0.39 is 0 Å². The van der Waals surface area contributed by atoms with Crippen LogP contribution in [0.25, 0.3) is 0 Å². The molecule has 0 atom stereocenters. The number of hydrogen-bond acceptors (Lipinski definition) is 3. The quantitative estimate of drug-likeness (QED) is 0.833. The summed E-state index contributed by atoms with van der Waals surface area (Å²) in [6, 6.07) is 14.7. The van der Waals surface area contributed by atoms with Gasteiger partial charge in [0.2, 0.25) is 0 Å². The molecule has 0 radical (unpaired) electrons. The molecule has 0 spiro atoms. The van der Waals surface area contributed by atoms with Gasteiger partial charge < -0.3 is 15.0 Å². The van der Waals surface area contributed by atoms with E-state index in [1.165, 1.54) is 11.1 Å². The molecule has 1 N–H and O–H groups in total. The predicted molar refractivity (Wildman–Crippen MR) is 102 cm³/mol. The molecule has 0 unspecified atom stereocenters. The number of anilines is 2. The molecular weight excluding hydrogens is 320 g/mol. The molecule has 0 aliphatic carbocycles. The molecule has 0 saturated carbocycles. The van der Waals surface area contributed by atoms with Gasteiger partial charge in [0.15, 0.2) is 0 Å². The van der Waals surface area contributed by atoms with Crippen molar-refractivity contribution in [2.45, 2.75) is 26.3 Å². The minimum absolute atomic E-state index is 0.515. The lowest BCUT2D eigenvalue weighted by Gasteiger charge is -2.31. The van der Waals surface area contributed by atoms with Crippen molar-refractivity contribution >= 4 is 23.0 Å². The molecule has 1 fully saturated rings. The van der Waals surface area contributed by atoms with Crippen molar-refractivity contribution in [1.29, 1.82) is 0 Å². The molecule has 0 amide bonds. The normalized spacial score (nSPS) is 14.9. The summed E-state index contributed by atoms with van der Waals surface area (Å²) in [5, 5.41) is 4.39. The fraction of sp³-hybridized carbons (Fsp3) is 0.400. The second-order valence-electron chi connectivity index (χ2n) is 6.44. The highest BCUT2D eigenvalue weighted by Gasteiger charge is 2.18. The highest BCUT2D eigenvalue weighted by atomic mass is 35.5. The van der Waals surface area contributed by atoms with Crippen LogP contribution >= 0.6 is 11.6 Å². The van der Waals surface area contributed by atoms with Gasteiger partial charge in [0.25, 0.3) is 0 Å². The number of para-hydroxylation sites is 1. The Labute approximate surface area is 149 Å². The Morgan fingerprint density at radius 3 is 2.58 bits per heavy atom. The molecule has 1 aliphatic heterocycles. The van der Waals surface area contributed by atoms with Crippen LogP contribution in [0.2, 0.25) is 5.02 Å². The number of morpholine rings is 1. The average Bonchev–Trinajstić information content (AvgIpc) is 2.61. The summed E-state index contributed by atoms with van der Waals surface area (Å²) in [6.45, 7) is 8.52. The zero-order valence-electron chi connectivity index (χ0n) is 14.4. The summed E-state index contributed by atoms with van der Waals surface area (Å²) in [5.41, 5.74) is 4.90. The van der Waals surface area contributed by atoms with Gasteiger partial charge in [-0.15, -0.1) is 0 Å². The lowest BCUT2D eigenvalue weighted by atomic mass is 9.97. The van der Waals surface area contributed by atoms with Crippen molar-refractivity contribution in [3.8, 4) is 0 Å². The van der Waals surface area contributed by atoms with E-state index in [-0.39, 0.29) is 0 Å². The Morgan fingerprint density at radius 1 is 1.08 bits per heavy atom. The first kappa shape index (κ1) is 17.1. The fourth-order valence-corrected chi connectivity index (χ4v) is 3.51. The van der Waals surface area contributed by atoms with Crippen LogP contribution in [-0.2, 0) is 11.3 Å². The first-order valence-corrected chi connectivity index (χ1v) is 8.97. The Balaban J connectivity index is 1.82. The number of rotatable bonds is 5. The zero-order chi connectivity index (χ0) is 16.9.